The first-order chi connectivity index (χ1) is 12.7. The van der Waals surface area contributed by atoms with Gasteiger partial charge in [-0.05, 0) is 0 Å². The Labute approximate surface area is 153 Å². The summed E-state index contributed by atoms with van der Waals surface area (Å²) in [5.74, 6) is -7.11. The number of carboxylic acids is 1. The molecule has 0 heterocycles. The van der Waals surface area contributed by atoms with Crippen LogP contribution >= 0.6 is 0 Å². The molecule has 0 aromatic heterocycles. The van der Waals surface area contributed by atoms with E-state index in [4.69, 9.17) is 0 Å². The van der Waals surface area contributed by atoms with Gasteiger partial charge in [0.25, 0.3) is 11.2 Å². The molecule has 27 heavy (non-hydrogen) atoms. The molecule has 0 amide bonds. The van der Waals surface area contributed by atoms with Gasteiger partial charge in [-0.1, -0.05) is 60.7 Å². The van der Waals surface area contributed by atoms with Gasteiger partial charge in [-0.3, -0.25) is 9.59 Å². The molecule has 8 heteroatoms. The predicted octanol–water partition coefficient (Wildman–Crippen LogP) is 0.472. The molecule has 0 saturated carbocycles. The fourth-order valence-corrected chi connectivity index (χ4v) is 2.57. The van der Waals surface area contributed by atoms with E-state index in [1.807, 2.05) is 0 Å². The number of esters is 1. The third-order valence-electron chi connectivity index (χ3n) is 4.04. The summed E-state index contributed by atoms with van der Waals surface area (Å²) in [5.41, 5.74) is -8.17. The van der Waals surface area contributed by atoms with Gasteiger partial charge in [-0.25, -0.2) is 9.59 Å². The average molecular weight is 372 g/mol. The van der Waals surface area contributed by atoms with Crippen molar-refractivity contribution in [2.75, 3.05) is 7.11 Å². The van der Waals surface area contributed by atoms with E-state index in [2.05, 4.69) is 4.74 Å². The highest BCUT2D eigenvalue weighted by Crippen LogP contribution is 2.32. The van der Waals surface area contributed by atoms with E-state index in [1.54, 1.807) is 0 Å². The summed E-state index contributed by atoms with van der Waals surface area (Å²) in [5, 5.41) is 31.1. The van der Waals surface area contributed by atoms with Crippen molar-refractivity contribution in [1.29, 1.82) is 0 Å². The van der Waals surface area contributed by atoms with E-state index in [9.17, 15) is 34.5 Å². The smallest absolute Gasteiger partial charge is 0.350 e. The topological polar surface area (TPSA) is 138 Å². The Bertz CT molecular complexity index is 877. The quantitative estimate of drug-likeness (QED) is 0.362. The number of benzene rings is 2. The molecule has 2 rings (SSSR count). The number of ketones is 2. The number of methoxy groups -OCH3 is 1. The van der Waals surface area contributed by atoms with Crippen molar-refractivity contribution in [1.82, 2.24) is 0 Å². The number of hydrogen-bond donors (Lipinski definition) is 3. The maximum Gasteiger partial charge on any atom is 0.350 e. The maximum atomic E-state index is 12.8. The monoisotopic (exact) mass is 372 g/mol. The molecule has 0 bridgehead atoms. The molecule has 0 aliphatic rings. The summed E-state index contributed by atoms with van der Waals surface area (Å²) in [6.07, 6.45) is 0. The first-order valence-electron chi connectivity index (χ1n) is 7.67. The minimum Gasteiger partial charge on any atom is -0.479 e. The molecule has 0 saturated heterocycles. The van der Waals surface area contributed by atoms with Crippen LogP contribution in [0.3, 0.4) is 0 Å². The zero-order valence-corrected chi connectivity index (χ0v) is 14.2. The lowest BCUT2D eigenvalue weighted by Gasteiger charge is -2.35. The third-order valence-corrected chi connectivity index (χ3v) is 4.04. The Balaban J connectivity index is 2.74. The van der Waals surface area contributed by atoms with Gasteiger partial charge in [0.2, 0.25) is 11.6 Å². The lowest BCUT2D eigenvalue weighted by Crippen LogP contribution is -2.71. The van der Waals surface area contributed by atoms with Gasteiger partial charge < -0.3 is 20.1 Å². The highest BCUT2D eigenvalue weighted by molar-refractivity contribution is 6.28. The zero-order chi connectivity index (χ0) is 20.2. The molecule has 140 valence electrons. The van der Waals surface area contributed by atoms with Crippen LogP contribution in [-0.4, -0.2) is 57.1 Å². The second-order valence-electron chi connectivity index (χ2n) is 5.61. The second kappa shape index (κ2) is 7.48. The summed E-state index contributed by atoms with van der Waals surface area (Å²) < 4.78 is 4.36. The van der Waals surface area contributed by atoms with Crippen LogP contribution in [-0.2, 0) is 14.3 Å². The normalized spacial score (nSPS) is 15.1. The van der Waals surface area contributed by atoms with Gasteiger partial charge in [0.1, 0.15) is 0 Å². The number of hydrogen-bond acceptors (Lipinski definition) is 7. The Hall–Kier alpha value is -3.36. The number of aliphatic hydroxyl groups is 2. The van der Waals surface area contributed by atoms with E-state index >= 15 is 0 Å². The predicted molar refractivity (Wildman–Crippen MR) is 91.1 cm³/mol. The molecule has 2 aromatic rings. The van der Waals surface area contributed by atoms with Gasteiger partial charge in [0, 0.05) is 11.1 Å². The number of ether oxygens (including phenoxy) is 1. The molecule has 2 atom stereocenters. The Morgan fingerprint density at radius 2 is 1.11 bits per heavy atom. The molecular weight excluding hydrogens is 356 g/mol. The highest BCUT2D eigenvalue weighted by atomic mass is 16.5. The maximum absolute atomic E-state index is 12.8. The first kappa shape index (κ1) is 20.0. The summed E-state index contributed by atoms with van der Waals surface area (Å²) in [6, 6.07) is 13.3. The number of rotatable bonds is 7. The number of aliphatic carboxylic acids is 1. The van der Waals surface area contributed by atoms with Crippen LogP contribution in [0.25, 0.3) is 0 Å². The van der Waals surface area contributed by atoms with Gasteiger partial charge in [-0.15, -0.1) is 0 Å². The third kappa shape index (κ3) is 3.12. The summed E-state index contributed by atoms with van der Waals surface area (Å²) in [6.45, 7) is 0. The van der Waals surface area contributed by atoms with Gasteiger partial charge in [0.05, 0.1) is 7.11 Å². The van der Waals surface area contributed by atoms with Crippen molar-refractivity contribution in [3.8, 4) is 0 Å². The van der Waals surface area contributed by atoms with Gasteiger partial charge in [0.15, 0.2) is 0 Å². The van der Waals surface area contributed by atoms with Crippen molar-refractivity contribution in [3.63, 3.8) is 0 Å². The fraction of sp³-hybridized carbons (Fsp3) is 0.158. The molecule has 0 aliphatic heterocycles. The van der Waals surface area contributed by atoms with Crippen LogP contribution in [0.2, 0.25) is 0 Å². The van der Waals surface area contributed by atoms with Crippen LogP contribution in [0.4, 0.5) is 0 Å². The van der Waals surface area contributed by atoms with Crippen molar-refractivity contribution >= 4 is 23.5 Å². The van der Waals surface area contributed by atoms with Crippen LogP contribution in [0.5, 0.6) is 0 Å². The van der Waals surface area contributed by atoms with E-state index in [-0.39, 0.29) is 11.1 Å². The van der Waals surface area contributed by atoms with Crippen molar-refractivity contribution in [3.05, 3.63) is 71.8 Å². The van der Waals surface area contributed by atoms with Crippen molar-refractivity contribution in [2.45, 2.75) is 11.2 Å². The number of carbonyl (C=O) groups excluding carboxylic acids is 3. The van der Waals surface area contributed by atoms with E-state index in [0.29, 0.717) is 0 Å². The van der Waals surface area contributed by atoms with Gasteiger partial charge >= 0.3 is 11.9 Å². The number of Topliss-reactive ketones (excluding diaryl/α,β-unsaturated/α-hetero) is 2. The lowest BCUT2D eigenvalue weighted by atomic mass is 9.73. The summed E-state index contributed by atoms with van der Waals surface area (Å²) in [4.78, 5) is 49.7. The van der Waals surface area contributed by atoms with Crippen molar-refractivity contribution in [2.24, 2.45) is 0 Å². The van der Waals surface area contributed by atoms with Crippen LogP contribution in [0, 0.1) is 0 Å². The summed E-state index contributed by atoms with van der Waals surface area (Å²) >= 11 is 0. The largest absolute Gasteiger partial charge is 0.479 e. The molecule has 8 nitrogen and oxygen atoms in total. The van der Waals surface area contributed by atoms with E-state index in [0.717, 1.165) is 7.11 Å². The Kier molecular flexibility index (Phi) is 5.53. The highest BCUT2D eigenvalue weighted by Gasteiger charge is 2.70. The fourth-order valence-electron chi connectivity index (χ4n) is 2.57. The molecule has 0 fully saturated rings. The van der Waals surface area contributed by atoms with E-state index < -0.39 is 34.7 Å². The average Bonchev–Trinajstić information content (AvgIpc) is 2.71. The lowest BCUT2D eigenvalue weighted by molar-refractivity contribution is -0.189. The molecular formula is C19H16O8. The van der Waals surface area contributed by atoms with Crippen LogP contribution in [0.1, 0.15) is 20.7 Å². The molecule has 0 radical (unpaired) electrons. The molecule has 0 unspecified atom stereocenters. The zero-order valence-electron chi connectivity index (χ0n) is 14.2. The van der Waals surface area contributed by atoms with Crippen molar-refractivity contribution < 1.29 is 39.2 Å². The summed E-state index contributed by atoms with van der Waals surface area (Å²) in [7, 11) is 0.779. The van der Waals surface area contributed by atoms with Crippen LogP contribution in [0.15, 0.2) is 60.7 Å². The minimum atomic E-state index is -3.83. The van der Waals surface area contributed by atoms with E-state index in [1.165, 1.54) is 60.7 Å². The van der Waals surface area contributed by atoms with Gasteiger partial charge in [-0.2, -0.15) is 0 Å². The molecule has 0 aliphatic carbocycles. The molecule has 0 spiro atoms. The Morgan fingerprint density at radius 1 is 0.741 bits per heavy atom. The minimum absolute atomic E-state index is 0.300. The Morgan fingerprint density at radius 3 is 1.44 bits per heavy atom. The standard InChI is InChI=1S/C19H16O8/c1-27-17(24)19(26,15(21)13-10-6-3-7-11-13)18(25,16(22)23)14(20)12-8-4-2-5-9-12/h2-11,25-26H,1H3,(H,22,23)/t18-,19-/m1/s1. The second-order valence-corrected chi connectivity index (χ2v) is 5.61. The van der Waals surface area contributed by atoms with Crippen LogP contribution < -0.4 is 0 Å². The number of carboxylic acid groups (broad SMARTS) is 1. The molecule has 2 aromatic carbocycles. The first-order valence-corrected chi connectivity index (χ1v) is 7.67. The number of carbonyl (C=O) groups is 4. The molecule has 3 N–H and O–H groups in total. The SMILES string of the molecule is COC(=O)[C@](O)(C(=O)c1ccccc1)[C@](O)(C(=O)O)C(=O)c1ccccc1.